The summed E-state index contributed by atoms with van der Waals surface area (Å²) in [7, 11) is 1.81. The zero-order chi connectivity index (χ0) is 17.6. The number of nitrogens with one attached hydrogen (secondary N) is 2. The molecule has 0 amide bonds. The molecule has 1 aliphatic heterocycles. The molecule has 0 bridgehead atoms. The van der Waals surface area contributed by atoms with E-state index in [1.165, 1.54) is 50.9 Å². The Kier molecular flexibility index (Phi) is 13.6. The van der Waals surface area contributed by atoms with Gasteiger partial charge in [-0.05, 0) is 44.5 Å². The lowest BCUT2D eigenvalue weighted by molar-refractivity contribution is 0.125. The highest BCUT2D eigenvalue weighted by molar-refractivity contribution is 14.0. The van der Waals surface area contributed by atoms with E-state index in [2.05, 4.69) is 32.7 Å². The largest absolute Gasteiger partial charge is 0.375 e. The molecule has 6 heteroatoms. The topological polar surface area (TPSA) is 48.9 Å². The van der Waals surface area contributed by atoms with Crippen LogP contribution in [0.3, 0.4) is 0 Å². The molecule has 0 saturated carbocycles. The highest BCUT2D eigenvalue weighted by atomic mass is 127. The molecular weight excluding hydrogens is 439 g/mol. The van der Waals surface area contributed by atoms with E-state index in [-0.39, 0.29) is 24.0 Å². The molecular formula is C20H35IN4O. The molecule has 1 aromatic rings. The fourth-order valence-corrected chi connectivity index (χ4v) is 3.10. The SMILES string of the molecule is CN=C(NCCCN1CCCCCC1)NCCOCc1ccccc1.I. The lowest BCUT2D eigenvalue weighted by Crippen LogP contribution is -2.40. The Balaban J connectivity index is 0.00000338. The molecule has 1 fully saturated rings. The van der Waals surface area contributed by atoms with Crippen LogP contribution in [0.1, 0.15) is 37.7 Å². The Morgan fingerprint density at radius 3 is 2.42 bits per heavy atom. The number of hydrogen-bond acceptors (Lipinski definition) is 3. The number of rotatable bonds is 9. The molecule has 0 aliphatic carbocycles. The van der Waals surface area contributed by atoms with E-state index in [1.807, 2.05) is 25.2 Å². The standard InChI is InChI=1S/C20H34N4O.HI/c1-21-20(22-12-9-16-24-14-7-2-3-8-15-24)23-13-17-25-18-19-10-5-4-6-11-19;/h4-6,10-11H,2-3,7-9,12-18H2,1H3,(H2,21,22,23);1H. The van der Waals surface area contributed by atoms with Gasteiger partial charge < -0.3 is 20.3 Å². The zero-order valence-corrected chi connectivity index (χ0v) is 18.4. The number of aliphatic imine (C=N–C) groups is 1. The van der Waals surface area contributed by atoms with E-state index >= 15 is 0 Å². The van der Waals surface area contributed by atoms with Crippen LogP contribution in [-0.2, 0) is 11.3 Å². The van der Waals surface area contributed by atoms with Crippen molar-refractivity contribution in [2.45, 2.75) is 38.7 Å². The van der Waals surface area contributed by atoms with Crippen LogP contribution in [0.2, 0.25) is 0 Å². The van der Waals surface area contributed by atoms with Gasteiger partial charge in [-0.2, -0.15) is 0 Å². The molecule has 0 aromatic heterocycles. The third-order valence-corrected chi connectivity index (χ3v) is 4.52. The van der Waals surface area contributed by atoms with Crippen LogP contribution < -0.4 is 10.6 Å². The van der Waals surface area contributed by atoms with Gasteiger partial charge in [-0.1, -0.05) is 43.2 Å². The molecule has 1 saturated heterocycles. The fraction of sp³-hybridized carbons (Fsp3) is 0.650. The average molecular weight is 474 g/mol. The van der Waals surface area contributed by atoms with Crippen molar-refractivity contribution < 1.29 is 4.74 Å². The van der Waals surface area contributed by atoms with Gasteiger partial charge in [0.1, 0.15) is 0 Å². The van der Waals surface area contributed by atoms with E-state index < -0.39 is 0 Å². The molecule has 2 rings (SSSR count). The van der Waals surface area contributed by atoms with Crippen molar-refractivity contribution in [3.05, 3.63) is 35.9 Å². The first kappa shape index (κ1) is 23.2. The van der Waals surface area contributed by atoms with E-state index in [1.54, 1.807) is 0 Å². The summed E-state index contributed by atoms with van der Waals surface area (Å²) in [5.41, 5.74) is 1.21. The van der Waals surface area contributed by atoms with Crippen LogP contribution >= 0.6 is 24.0 Å². The molecule has 0 unspecified atom stereocenters. The van der Waals surface area contributed by atoms with Crippen molar-refractivity contribution in [2.24, 2.45) is 4.99 Å². The van der Waals surface area contributed by atoms with Gasteiger partial charge in [0.25, 0.3) is 0 Å². The maximum absolute atomic E-state index is 5.68. The summed E-state index contributed by atoms with van der Waals surface area (Å²) in [6, 6.07) is 10.3. The first-order valence-electron chi connectivity index (χ1n) is 9.67. The molecule has 148 valence electrons. The van der Waals surface area contributed by atoms with Crippen LogP contribution in [0.25, 0.3) is 0 Å². The van der Waals surface area contributed by atoms with Crippen molar-refractivity contribution in [3.63, 3.8) is 0 Å². The zero-order valence-electron chi connectivity index (χ0n) is 16.1. The quantitative estimate of drug-likeness (QED) is 0.250. The van der Waals surface area contributed by atoms with Crippen LogP contribution in [0.4, 0.5) is 0 Å². The monoisotopic (exact) mass is 474 g/mol. The molecule has 2 N–H and O–H groups in total. The number of halogens is 1. The van der Waals surface area contributed by atoms with Crippen LogP contribution in [0.5, 0.6) is 0 Å². The van der Waals surface area contributed by atoms with Crippen molar-refractivity contribution in [2.75, 3.05) is 46.4 Å². The molecule has 5 nitrogen and oxygen atoms in total. The predicted molar refractivity (Wildman–Crippen MR) is 120 cm³/mol. The molecule has 0 spiro atoms. The van der Waals surface area contributed by atoms with Gasteiger partial charge in [0.05, 0.1) is 13.2 Å². The smallest absolute Gasteiger partial charge is 0.191 e. The van der Waals surface area contributed by atoms with Crippen LogP contribution in [0, 0.1) is 0 Å². The average Bonchev–Trinajstić information content (AvgIpc) is 2.93. The summed E-state index contributed by atoms with van der Waals surface area (Å²) in [4.78, 5) is 6.87. The molecule has 0 atom stereocenters. The second kappa shape index (κ2) is 15.2. The number of hydrogen-bond donors (Lipinski definition) is 2. The minimum atomic E-state index is 0. The summed E-state index contributed by atoms with van der Waals surface area (Å²) < 4.78 is 5.68. The highest BCUT2D eigenvalue weighted by Crippen LogP contribution is 2.09. The van der Waals surface area contributed by atoms with Crippen molar-refractivity contribution in [3.8, 4) is 0 Å². The Morgan fingerprint density at radius 2 is 1.73 bits per heavy atom. The second-order valence-electron chi connectivity index (χ2n) is 6.57. The Labute approximate surface area is 176 Å². The summed E-state index contributed by atoms with van der Waals surface area (Å²) >= 11 is 0. The predicted octanol–water partition coefficient (Wildman–Crippen LogP) is 3.25. The van der Waals surface area contributed by atoms with E-state index in [4.69, 9.17) is 4.74 Å². The lowest BCUT2D eigenvalue weighted by atomic mass is 10.2. The first-order valence-corrected chi connectivity index (χ1v) is 9.67. The summed E-state index contributed by atoms with van der Waals surface area (Å²) in [6.07, 6.45) is 6.68. The number of benzene rings is 1. The maximum Gasteiger partial charge on any atom is 0.191 e. The summed E-state index contributed by atoms with van der Waals surface area (Å²) in [5.74, 6) is 0.860. The van der Waals surface area contributed by atoms with Crippen molar-refractivity contribution in [1.82, 2.24) is 15.5 Å². The third-order valence-electron chi connectivity index (χ3n) is 4.52. The van der Waals surface area contributed by atoms with Crippen molar-refractivity contribution in [1.29, 1.82) is 0 Å². The van der Waals surface area contributed by atoms with Crippen LogP contribution in [-0.4, -0.2) is 57.2 Å². The van der Waals surface area contributed by atoms with Gasteiger partial charge in [-0.3, -0.25) is 4.99 Å². The molecule has 0 radical (unpaired) electrons. The molecule has 1 aromatic carbocycles. The number of likely N-dealkylation sites (tertiary alicyclic amines) is 1. The third kappa shape index (κ3) is 10.3. The number of nitrogens with zero attached hydrogens (tertiary/aromatic N) is 2. The highest BCUT2D eigenvalue weighted by Gasteiger charge is 2.08. The normalized spacial score (nSPS) is 15.8. The van der Waals surface area contributed by atoms with Crippen molar-refractivity contribution >= 4 is 29.9 Å². The van der Waals surface area contributed by atoms with E-state index in [0.29, 0.717) is 13.2 Å². The van der Waals surface area contributed by atoms with Crippen LogP contribution in [0.15, 0.2) is 35.3 Å². The van der Waals surface area contributed by atoms with Gasteiger partial charge in [0.15, 0.2) is 5.96 Å². The molecule has 26 heavy (non-hydrogen) atoms. The fourth-order valence-electron chi connectivity index (χ4n) is 3.10. The number of guanidine groups is 1. The minimum Gasteiger partial charge on any atom is -0.375 e. The Bertz CT molecular complexity index is 476. The van der Waals surface area contributed by atoms with E-state index in [0.717, 1.165) is 25.5 Å². The molecule has 1 aliphatic rings. The van der Waals surface area contributed by atoms with Gasteiger partial charge in [-0.25, -0.2) is 0 Å². The number of ether oxygens (including phenoxy) is 1. The van der Waals surface area contributed by atoms with E-state index in [9.17, 15) is 0 Å². The lowest BCUT2D eigenvalue weighted by Gasteiger charge is -2.20. The van der Waals surface area contributed by atoms with Gasteiger partial charge in [0.2, 0.25) is 0 Å². The summed E-state index contributed by atoms with van der Waals surface area (Å²) in [5, 5.41) is 6.69. The minimum absolute atomic E-state index is 0. The van der Waals surface area contributed by atoms with Gasteiger partial charge in [0, 0.05) is 20.1 Å². The Morgan fingerprint density at radius 1 is 1.04 bits per heavy atom. The summed E-state index contributed by atoms with van der Waals surface area (Å²) in [6.45, 7) is 6.77. The van der Waals surface area contributed by atoms with Gasteiger partial charge in [-0.15, -0.1) is 24.0 Å². The van der Waals surface area contributed by atoms with Gasteiger partial charge >= 0.3 is 0 Å². The first-order chi connectivity index (χ1) is 12.4. The maximum atomic E-state index is 5.68. The second-order valence-corrected chi connectivity index (χ2v) is 6.57. The molecule has 1 heterocycles. The Hall–Kier alpha value is -0.860.